The first-order valence-electron chi connectivity index (χ1n) is 8.59. The molecule has 0 fully saturated rings. The van der Waals surface area contributed by atoms with Crippen LogP contribution in [0.25, 0.3) is 0 Å². The van der Waals surface area contributed by atoms with E-state index in [1.807, 2.05) is 42.5 Å². The molecule has 0 bridgehead atoms. The number of aryl methyl sites for hydroxylation is 1. The van der Waals surface area contributed by atoms with E-state index < -0.39 is 0 Å². The van der Waals surface area contributed by atoms with Crippen molar-refractivity contribution >= 4 is 28.9 Å². The number of anilines is 1. The van der Waals surface area contributed by atoms with Crippen molar-refractivity contribution in [2.45, 2.75) is 20.1 Å². The van der Waals surface area contributed by atoms with Crippen LogP contribution < -0.4 is 14.8 Å². The third-order valence-electron chi connectivity index (χ3n) is 4.23. The monoisotopic (exact) mass is 401 g/mol. The molecule has 0 amide bonds. The van der Waals surface area contributed by atoms with E-state index in [0.717, 1.165) is 22.6 Å². The largest absolute Gasteiger partial charge is 0.493 e. The Morgan fingerprint density at radius 3 is 2.33 bits per heavy atom. The van der Waals surface area contributed by atoms with Crippen molar-refractivity contribution in [2.24, 2.45) is 0 Å². The van der Waals surface area contributed by atoms with E-state index in [9.17, 15) is 0 Å². The van der Waals surface area contributed by atoms with Gasteiger partial charge in [0, 0.05) is 22.3 Å². The van der Waals surface area contributed by atoms with Crippen molar-refractivity contribution in [3.63, 3.8) is 0 Å². The van der Waals surface area contributed by atoms with E-state index in [1.54, 1.807) is 13.2 Å². The van der Waals surface area contributed by atoms with Crippen LogP contribution in [0.15, 0.2) is 60.7 Å². The highest BCUT2D eigenvalue weighted by molar-refractivity contribution is 6.35. The molecule has 0 saturated carbocycles. The molecule has 3 nitrogen and oxygen atoms in total. The average molecular weight is 402 g/mol. The summed E-state index contributed by atoms with van der Waals surface area (Å²) in [5.41, 5.74) is 4.29. The minimum Gasteiger partial charge on any atom is -0.493 e. The number of hydrogen-bond acceptors (Lipinski definition) is 3. The van der Waals surface area contributed by atoms with Gasteiger partial charge in [-0.05, 0) is 53.9 Å². The zero-order valence-corrected chi connectivity index (χ0v) is 16.8. The van der Waals surface area contributed by atoms with Crippen LogP contribution in [-0.4, -0.2) is 7.11 Å². The zero-order chi connectivity index (χ0) is 19.2. The average Bonchev–Trinajstić information content (AvgIpc) is 2.65. The Morgan fingerprint density at radius 1 is 0.889 bits per heavy atom. The topological polar surface area (TPSA) is 30.5 Å². The van der Waals surface area contributed by atoms with Crippen molar-refractivity contribution in [3.05, 3.63) is 87.4 Å². The number of ether oxygens (including phenoxy) is 2. The van der Waals surface area contributed by atoms with Gasteiger partial charge < -0.3 is 14.8 Å². The third kappa shape index (κ3) is 5.31. The molecule has 5 heteroatoms. The fourth-order valence-corrected chi connectivity index (χ4v) is 3.25. The second kappa shape index (κ2) is 9.03. The van der Waals surface area contributed by atoms with E-state index >= 15 is 0 Å². The van der Waals surface area contributed by atoms with Crippen molar-refractivity contribution in [3.8, 4) is 11.5 Å². The molecule has 1 N–H and O–H groups in total. The van der Waals surface area contributed by atoms with Crippen molar-refractivity contribution < 1.29 is 9.47 Å². The van der Waals surface area contributed by atoms with Gasteiger partial charge in [-0.25, -0.2) is 0 Å². The molecule has 0 spiro atoms. The Balaban J connectivity index is 1.67. The summed E-state index contributed by atoms with van der Waals surface area (Å²) in [6, 6.07) is 19.5. The Bertz CT molecular complexity index is 908. The summed E-state index contributed by atoms with van der Waals surface area (Å²) in [6.07, 6.45) is 0. The molecule has 3 aromatic carbocycles. The van der Waals surface area contributed by atoms with E-state index in [0.29, 0.717) is 28.9 Å². The summed E-state index contributed by atoms with van der Waals surface area (Å²) in [5.74, 6) is 1.42. The van der Waals surface area contributed by atoms with E-state index in [1.165, 1.54) is 5.56 Å². The van der Waals surface area contributed by atoms with Gasteiger partial charge in [-0.15, -0.1) is 0 Å². The highest BCUT2D eigenvalue weighted by Gasteiger charge is 2.08. The van der Waals surface area contributed by atoms with Gasteiger partial charge in [0.15, 0.2) is 11.5 Å². The third-order valence-corrected chi connectivity index (χ3v) is 4.67. The molecule has 0 aliphatic carbocycles. The Morgan fingerprint density at radius 2 is 1.63 bits per heavy atom. The molecule has 0 radical (unpaired) electrons. The molecule has 140 valence electrons. The maximum absolute atomic E-state index is 6.04. The van der Waals surface area contributed by atoms with Crippen LogP contribution in [0.3, 0.4) is 0 Å². The lowest BCUT2D eigenvalue weighted by Crippen LogP contribution is -2.02. The predicted molar refractivity (Wildman–Crippen MR) is 112 cm³/mol. The van der Waals surface area contributed by atoms with Crippen LogP contribution in [0.4, 0.5) is 5.69 Å². The van der Waals surface area contributed by atoms with Gasteiger partial charge in [-0.1, -0.05) is 53.5 Å². The molecule has 0 saturated heterocycles. The van der Waals surface area contributed by atoms with Crippen LogP contribution >= 0.6 is 23.2 Å². The van der Waals surface area contributed by atoms with Crippen LogP contribution in [0, 0.1) is 6.92 Å². The van der Waals surface area contributed by atoms with E-state index in [4.69, 9.17) is 32.7 Å². The van der Waals surface area contributed by atoms with Gasteiger partial charge in [0.05, 0.1) is 7.11 Å². The lowest BCUT2D eigenvalue weighted by atomic mass is 10.1. The molecule has 3 rings (SSSR count). The molecule has 0 atom stereocenters. The molecule has 0 aliphatic heterocycles. The second-order valence-electron chi connectivity index (χ2n) is 6.21. The molecule has 27 heavy (non-hydrogen) atoms. The van der Waals surface area contributed by atoms with Gasteiger partial charge in [-0.3, -0.25) is 0 Å². The summed E-state index contributed by atoms with van der Waals surface area (Å²) < 4.78 is 11.5. The summed E-state index contributed by atoms with van der Waals surface area (Å²) in [7, 11) is 1.64. The summed E-state index contributed by atoms with van der Waals surface area (Å²) in [6.45, 7) is 3.19. The summed E-state index contributed by atoms with van der Waals surface area (Å²) >= 11 is 12.1. The first-order chi connectivity index (χ1) is 13.0. The maximum atomic E-state index is 6.04. The molecule has 0 unspecified atom stereocenters. The first kappa shape index (κ1) is 19.4. The highest BCUT2D eigenvalue weighted by atomic mass is 35.5. The zero-order valence-electron chi connectivity index (χ0n) is 15.3. The molecule has 0 aromatic heterocycles. The lowest BCUT2D eigenvalue weighted by molar-refractivity contribution is 0.283. The van der Waals surface area contributed by atoms with Gasteiger partial charge in [0.1, 0.15) is 6.61 Å². The highest BCUT2D eigenvalue weighted by Crippen LogP contribution is 2.30. The molecule has 3 aromatic rings. The maximum Gasteiger partial charge on any atom is 0.161 e. The SMILES string of the molecule is COc1cc(CNc2cc(Cl)cc(Cl)c2)ccc1OCc1ccccc1C. The smallest absolute Gasteiger partial charge is 0.161 e. The normalized spacial score (nSPS) is 10.5. The minimum absolute atomic E-state index is 0.502. The fourth-order valence-electron chi connectivity index (χ4n) is 2.73. The van der Waals surface area contributed by atoms with Crippen LogP contribution in [0.2, 0.25) is 10.0 Å². The Kier molecular flexibility index (Phi) is 6.49. The van der Waals surface area contributed by atoms with Crippen molar-refractivity contribution in [1.82, 2.24) is 0 Å². The summed E-state index contributed by atoms with van der Waals surface area (Å²) in [5, 5.41) is 4.51. The summed E-state index contributed by atoms with van der Waals surface area (Å²) in [4.78, 5) is 0. The van der Waals surface area contributed by atoms with Crippen molar-refractivity contribution in [1.29, 1.82) is 0 Å². The molecule has 0 aliphatic rings. The number of halogens is 2. The van der Waals surface area contributed by atoms with Crippen LogP contribution in [0.5, 0.6) is 11.5 Å². The molecular weight excluding hydrogens is 381 g/mol. The number of nitrogens with one attached hydrogen (secondary N) is 1. The number of methoxy groups -OCH3 is 1. The van der Waals surface area contributed by atoms with Gasteiger partial charge >= 0.3 is 0 Å². The molecule has 0 heterocycles. The van der Waals surface area contributed by atoms with E-state index in [2.05, 4.69) is 24.4 Å². The second-order valence-corrected chi connectivity index (χ2v) is 7.08. The van der Waals surface area contributed by atoms with Gasteiger partial charge in [-0.2, -0.15) is 0 Å². The number of hydrogen-bond donors (Lipinski definition) is 1. The fraction of sp³-hybridized carbons (Fsp3) is 0.182. The quantitative estimate of drug-likeness (QED) is 0.489. The first-order valence-corrected chi connectivity index (χ1v) is 9.35. The van der Waals surface area contributed by atoms with Crippen LogP contribution in [-0.2, 0) is 13.2 Å². The Hall–Kier alpha value is -2.36. The predicted octanol–water partition coefficient (Wildman–Crippen LogP) is 6.50. The minimum atomic E-state index is 0.502. The van der Waals surface area contributed by atoms with E-state index in [-0.39, 0.29) is 0 Å². The lowest BCUT2D eigenvalue weighted by Gasteiger charge is -2.14. The van der Waals surface area contributed by atoms with Crippen molar-refractivity contribution in [2.75, 3.05) is 12.4 Å². The number of rotatable bonds is 7. The van der Waals surface area contributed by atoms with Gasteiger partial charge in [0.25, 0.3) is 0 Å². The standard InChI is InChI=1S/C22H21Cl2NO2/c1-15-5-3-4-6-17(15)14-27-21-8-7-16(9-22(21)26-2)13-25-20-11-18(23)10-19(24)12-20/h3-12,25H,13-14H2,1-2H3. The number of benzene rings is 3. The Labute approximate surface area is 169 Å². The molecular formula is C22H21Cl2NO2. The van der Waals surface area contributed by atoms with Gasteiger partial charge in [0.2, 0.25) is 0 Å². The van der Waals surface area contributed by atoms with Crippen LogP contribution in [0.1, 0.15) is 16.7 Å².